The van der Waals surface area contributed by atoms with E-state index in [2.05, 4.69) is 0 Å². The highest BCUT2D eigenvalue weighted by Crippen LogP contribution is 2.04. The second kappa shape index (κ2) is 9.10. The molecule has 0 aliphatic carbocycles. The fourth-order valence-electron chi connectivity index (χ4n) is 0.668. The van der Waals surface area contributed by atoms with Crippen LogP contribution in [0.4, 0.5) is 0 Å². The number of aliphatic hydroxyl groups is 5. The van der Waals surface area contributed by atoms with Crippen LogP contribution in [0.15, 0.2) is 0 Å². The summed E-state index contributed by atoms with van der Waals surface area (Å²) in [6.07, 6.45) is -7.84. The van der Waals surface area contributed by atoms with Gasteiger partial charge in [0.25, 0.3) is 0 Å². The molecule has 0 saturated carbocycles. The van der Waals surface area contributed by atoms with Crippen LogP contribution in [0, 0.1) is 0 Å². The number of carbonyl (C=O) groups is 1. The van der Waals surface area contributed by atoms with Crippen molar-refractivity contribution in [3.8, 4) is 0 Å². The standard InChI is InChI=1S/C6H12O7.2ClH/c7-1-2(8)3(9)4(10)5(11)6(12)13;;/h2-5,7-11H,1H2,(H,12,13);2*1H/t2-,3-,4+,5-;;/m1../s1. The largest absolute Gasteiger partial charge is 0.479 e. The van der Waals surface area contributed by atoms with E-state index < -0.39 is 37.0 Å². The van der Waals surface area contributed by atoms with Gasteiger partial charge < -0.3 is 30.6 Å². The summed E-state index contributed by atoms with van der Waals surface area (Å²) in [5, 5.41) is 51.8. The van der Waals surface area contributed by atoms with Gasteiger partial charge in [-0.05, 0) is 0 Å². The van der Waals surface area contributed by atoms with Crippen LogP contribution in [0.25, 0.3) is 0 Å². The highest BCUT2D eigenvalue weighted by Gasteiger charge is 2.33. The van der Waals surface area contributed by atoms with Crippen LogP contribution in [0.3, 0.4) is 0 Å². The van der Waals surface area contributed by atoms with Gasteiger partial charge in [-0.2, -0.15) is 0 Å². The van der Waals surface area contributed by atoms with Crippen molar-refractivity contribution < 1.29 is 35.4 Å². The van der Waals surface area contributed by atoms with Crippen LogP contribution in [0.1, 0.15) is 0 Å². The molecule has 0 spiro atoms. The van der Waals surface area contributed by atoms with Crippen LogP contribution in [0.2, 0.25) is 0 Å². The second-order valence-electron chi connectivity index (χ2n) is 2.51. The average molecular weight is 269 g/mol. The van der Waals surface area contributed by atoms with Gasteiger partial charge in [0.2, 0.25) is 0 Å². The Balaban J connectivity index is -0.000000720. The Labute approximate surface area is 97.8 Å². The Morgan fingerprint density at radius 3 is 1.67 bits per heavy atom. The molecule has 0 aliphatic heterocycles. The first kappa shape index (κ1) is 20.3. The molecule has 4 atom stereocenters. The summed E-state index contributed by atoms with van der Waals surface area (Å²) in [7, 11) is 0. The van der Waals surface area contributed by atoms with Crippen molar-refractivity contribution in [2.24, 2.45) is 0 Å². The normalized spacial score (nSPS) is 17.7. The number of hydrogen-bond donors (Lipinski definition) is 6. The molecule has 94 valence electrons. The highest BCUT2D eigenvalue weighted by molar-refractivity contribution is 5.85. The predicted octanol–water partition coefficient (Wildman–Crippen LogP) is -2.65. The fourth-order valence-corrected chi connectivity index (χ4v) is 0.668. The van der Waals surface area contributed by atoms with Crippen molar-refractivity contribution in [1.29, 1.82) is 0 Å². The zero-order valence-corrected chi connectivity index (χ0v) is 9.06. The zero-order valence-electron chi connectivity index (χ0n) is 7.42. The third-order valence-electron chi connectivity index (χ3n) is 1.51. The van der Waals surface area contributed by atoms with Crippen molar-refractivity contribution in [3.05, 3.63) is 0 Å². The number of carboxylic acids is 1. The Morgan fingerprint density at radius 1 is 1.00 bits per heavy atom. The molecule has 0 radical (unpaired) electrons. The monoisotopic (exact) mass is 268 g/mol. The predicted molar refractivity (Wildman–Crippen MR) is 53.2 cm³/mol. The van der Waals surface area contributed by atoms with Gasteiger partial charge in [0.15, 0.2) is 6.10 Å². The van der Waals surface area contributed by atoms with Gasteiger partial charge in [0, 0.05) is 0 Å². The smallest absolute Gasteiger partial charge is 0.335 e. The number of aliphatic carboxylic acids is 1. The number of aliphatic hydroxyl groups excluding tert-OH is 5. The molecule has 0 amide bonds. The van der Waals surface area contributed by atoms with Crippen LogP contribution in [0.5, 0.6) is 0 Å². The summed E-state index contributed by atoms with van der Waals surface area (Å²) in [4.78, 5) is 10.1. The molecule has 0 saturated heterocycles. The van der Waals surface area contributed by atoms with Crippen molar-refractivity contribution in [2.45, 2.75) is 24.4 Å². The third kappa shape index (κ3) is 6.10. The van der Waals surface area contributed by atoms with Gasteiger partial charge >= 0.3 is 5.97 Å². The van der Waals surface area contributed by atoms with E-state index in [0.29, 0.717) is 0 Å². The molecule has 7 nitrogen and oxygen atoms in total. The van der Waals surface area contributed by atoms with Crippen LogP contribution < -0.4 is 0 Å². The summed E-state index contributed by atoms with van der Waals surface area (Å²) in [6.45, 7) is -0.843. The van der Waals surface area contributed by atoms with E-state index in [1.165, 1.54) is 0 Å². The van der Waals surface area contributed by atoms with Gasteiger partial charge in [-0.25, -0.2) is 4.79 Å². The summed E-state index contributed by atoms with van der Waals surface area (Å²) >= 11 is 0. The summed E-state index contributed by atoms with van der Waals surface area (Å²) in [5.41, 5.74) is 0. The van der Waals surface area contributed by atoms with E-state index in [4.69, 9.17) is 30.6 Å². The third-order valence-corrected chi connectivity index (χ3v) is 1.51. The fraction of sp³-hybridized carbons (Fsp3) is 0.833. The Kier molecular flexibility index (Phi) is 12.3. The summed E-state index contributed by atoms with van der Waals surface area (Å²) < 4.78 is 0. The molecule has 0 aliphatic rings. The molecule has 0 aromatic carbocycles. The van der Waals surface area contributed by atoms with E-state index in [-0.39, 0.29) is 24.8 Å². The molecule has 0 heterocycles. The lowest BCUT2D eigenvalue weighted by molar-refractivity contribution is -0.164. The molecule has 0 aromatic heterocycles. The number of rotatable bonds is 5. The topological polar surface area (TPSA) is 138 Å². The van der Waals surface area contributed by atoms with E-state index in [1.807, 2.05) is 0 Å². The van der Waals surface area contributed by atoms with Gasteiger partial charge in [0.1, 0.15) is 18.3 Å². The first-order chi connectivity index (χ1) is 5.91. The van der Waals surface area contributed by atoms with Gasteiger partial charge in [-0.15, -0.1) is 24.8 Å². The maximum Gasteiger partial charge on any atom is 0.335 e. The summed E-state index contributed by atoms with van der Waals surface area (Å²) in [6, 6.07) is 0. The van der Waals surface area contributed by atoms with Crippen molar-refractivity contribution in [3.63, 3.8) is 0 Å². The quantitative estimate of drug-likeness (QED) is 0.320. The highest BCUT2D eigenvalue weighted by atomic mass is 35.5. The van der Waals surface area contributed by atoms with Crippen LogP contribution in [-0.2, 0) is 4.79 Å². The molecule has 6 N–H and O–H groups in total. The minimum absolute atomic E-state index is 0. The van der Waals surface area contributed by atoms with Crippen LogP contribution in [-0.4, -0.2) is 67.6 Å². The van der Waals surface area contributed by atoms with Gasteiger partial charge in [-0.1, -0.05) is 0 Å². The molecule has 0 unspecified atom stereocenters. The lowest BCUT2D eigenvalue weighted by Gasteiger charge is -2.23. The van der Waals surface area contributed by atoms with Crippen molar-refractivity contribution in [1.82, 2.24) is 0 Å². The van der Waals surface area contributed by atoms with Gasteiger partial charge in [-0.3, -0.25) is 0 Å². The van der Waals surface area contributed by atoms with Crippen molar-refractivity contribution >= 4 is 30.8 Å². The molecule has 0 aromatic rings. The van der Waals surface area contributed by atoms with E-state index in [9.17, 15) is 4.79 Å². The second-order valence-corrected chi connectivity index (χ2v) is 2.51. The van der Waals surface area contributed by atoms with Gasteiger partial charge in [0.05, 0.1) is 6.61 Å². The number of carboxylic acid groups (broad SMARTS) is 1. The summed E-state index contributed by atoms with van der Waals surface area (Å²) in [5.74, 6) is -1.73. The maximum atomic E-state index is 10.1. The van der Waals surface area contributed by atoms with E-state index in [0.717, 1.165) is 0 Å². The zero-order chi connectivity index (χ0) is 10.6. The lowest BCUT2D eigenvalue weighted by Crippen LogP contribution is -2.48. The van der Waals surface area contributed by atoms with Crippen molar-refractivity contribution in [2.75, 3.05) is 6.61 Å². The molecule has 9 heteroatoms. The molecule has 15 heavy (non-hydrogen) atoms. The Bertz CT molecular complexity index is 179. The lowest BCUT2D eigenvalue weighted by atomic mass is 10.0. The number of halogens is 2. The van der Waals surface area contributed by atoms with Crippen LogP contribution >= 0.6 is 24.8 Å². The molecular weight excluding hydrogens is 255 g/mol. The number of hydrogen-bond acceptors (Lipinski definition) is 6. The minimum Gasteiger partial charge on any atom is -0.479 e. The molecule has 0 fully saturated rings. The molecule has 0 rings (SSSR count). The first-order valence-corrected chi connectivity index (χ1v) is 3.47. The first-order valence-electron chi connectivity index (χ1n) is 3.47. The van der Waals surface area contributed by atoms with E-state index >= 15 is 0 Å². The Hall–Kier alpha value is -0.150. The maximum absolute atomic E-state index is 10.1. The molecular formula is C6H14Cl2O7. The average Bonchev–Trinajstić information content (AvgIpc) is 2.12. The molecule has 0 bridgehead atoms. The SMILES string of the molecule is Cl.Cl.O=C(O)[C@H](O)[C@@H](O)[C@H](O)[C@H](O)CO. The minimum atomic E-state index is -2.20. The Morgan fingerprint density at radius 2 is 1.40 bits per heavy atom. The van der Waals surface area contributed by atoms with E-state index in [1.54, 1.807) is 0 Å².